The smallest absolute Gasteiger partial charge is 0.252 e. The number of aryl methyl sites for hydroxylation is 1. The average molecular weight is 429 g/mol. The Morgan fingerprint density at radius 2 is 1.97 bits per heavy atom. The molecule has 1 N–H and O–H groups in total. The number of rotatable bonds is 5. The van der Waals surface area contributed by atoms with Crippen molar-refractivity contribution in [2.24, 2.45) is 5.92 Å². The fourth-order valence-corrected chi connectivity index (χ4v) is 4.74. The third-order valence-corrected chi connectivity index (χ3v) is 6.87. The molecule has 0 bridgehead atoms. The second kappa shape index (κ2) is 7.08. The van der Waals surface area contributed by atoms with Crippen molar-refractivity contribution in [2.45, 2.75) is 44.1 Å². The molecule has 2 atom stereocenters. The predicted molar refractivity (Wildman–Crippen MR) is 118 cm³/mol. The second-order valence-electron chi connectivity index (χ2n) is 9.04. The largest absolute Gasteiger partial charge is 0.341 e. The third kappa shape index (κ3) is 3.23. The van der Waals surface area contributed by atoms with Crippen molar-refractivity contribution in [3.63, 3.8) is 0 Å². The van der Waals surface area contributed by atoms with Gasteiger partial charge in [-0.25, -0.2) is 14.4 Å². The predicted octanol–water partition coefficient (Wildman–Crippen LogP) is 4.25. The van der Waals surface area contributed by atoms with E-state index in [4.69, 9.17) is 9.97 Å². The summed E-state index contributed by atoms with van der Waals surface area (Å²) in [6.07, 6.45) is 5.48. The zero-order valence-corrected chi connectivity index (χ0v) is 17.9. The number of halogens is 1. The fourth-order valence-electron chi connectivity index (χ4n) is 4.74. The van der Waals surface area contributed by atoms with E-state index in [-0.39, 0.29) is 11.7 Å². The van der Waals surface area contributed by atoms with Gasteiger partial charge in [0.25, 0.3) is 5.91 Å². The molecule has 3 aliphatic rings. The Morgan fingerprint density at radius 1 is 1.16 bits per heavy atom. The number of benzene rings is 1. The molecule has 6 rings (SSSR count). The van der Waals surface area contributed by atoms with Gasteiger partial charge in [0.1, 0.15) is 17.5 Å². The number of anilines is 2. The van der Waals surface area contributed by atoms with Gasteiger partial charge in [0.05, 0.1) is 22.6 Å². The molecule has 7 heteroatoms. The molecule has 2 aliphatic carbocycles. The van der Waals surface area contributed by atoms with Crippen molar-refractivity contribution in [1.82, 2.24) is 20.3 Å². The lowest BCUT2D eigenvalue weighted by Crippen LogP contribution is -2.36. The van der Waals surface area contributed by atoms with Crippen molar-refractivity contribution in [3.8, 4) is 0 Å². The van der Waals surface area contributed by atoms with Gasteiger partial charge >= 0.3 is 0 Å². The third-order valence-electron chi connectivity index (χ3n) is 6.87. The molecule has 2 fully saturated rings. The molecule has 162 valence electrons. The lowest BCUT2D eigenvalue weighted by Gasteiger charge is -2.30. The fraction of sp³-hybridized carbons (Fsp3) is 0.360. The van der Waals surface area contributed by atoms with E-state index < -0.39 is 5.54 Å². The van der Waals surface area contributed by atoms with E-state index in [0.717, 1.165) is 60.9 Å². The SMILES string of the molecule is CCc1nccc(N2CC3CC3c3nc(C4(NC(=O)c5ccc(F)cc5)CC4)ccc32)n1. The summed E-state index contributed by atoms with van der Waals surface area (Å²) in [5.41, 5.74) is 3.15. The topological polar surface area (TPSA) is 71.0 Å². The van der Waals surface area contributed by atoms with Crippen molar-refractivity contribution in [3.05, 3.63) is 77.3 Å². The van der Waals surface area contributed by atoms with Crippen LogP contribution in [0.4, 0.5) is 15.9 Å². The van der Waals surface area contributed by atoms with E-state index in [9.17, 15) is 9.18 Å². The van der Waals surface area contributed by atoms with Gasteiger partial charge in [-0.1, -0.05) is 6.92 Å². The number of nitrogens with one attached hydrogen (secondary N) is 1. The number of pyridine rings is 1. The van der Waals surface area contributed by atoms with Crippen molar-refractivity contribution in [2.75, 3.05) is 11.4 Å². The molecule has 0 spiro atoms. The Morgan fingerprint density at radius 3 is 2.72 bits per heavy atom. The molecular weight excluding hydrogens is 405 g/mol. The Bertz CT molecular complexity index is 1210. The summed E-state index contributed by atoms with van der Waals surface area (Å²) in [6, 6.07) is 11.8. The van der Waals surface area contributed by atoms with Crippen LogP contribution >= 0.6 is 0 Å². The van der Waals surface area contributed by atoms with E-state index in [2.05, 4.69) is 28.2 Å². The Labute approximate surface area is 185 Å². The van der Waals surface area contributed by atoms with Crippen LogP contribution in [0.15, 0.2) is 48.7 Å². The van der Waals surface area contributed by atoms with Gasteiger partial charge in [-0.3, -0.25) is 9.78 Å². The first kappa shape index (κ1) is 19.3. The molecule has 3 heterocycles. The number of carbonyl (C=O) groups excluding carboxylic acids is 1. The normalized spacial score (nSPS) is 22.0. The number of amides is 1. The minimum Gasteiger partial charge on any atom is -0.341 e. The number of nitrogens with zero attached hydrogens (tertiary/aromatic N) is 4. The molecule has 1 aromatic carbocycles. The van der Waals surface area contributed by atoms with Crippen LogP contribution < -0.4 is 10.2 Å². The minimum absolute atomic E-state index is 0.193. The molecule has 2 aromatic heterocycles. The summed E-state index contributed by atoms with van der Waals surface area (Å²) >= 11 is 0. The van der Waals surface area contributed by atoms with Crippen LogP contribution in [-0.4, -0.2) is 27.4 Å². The van der Waals surface area contributed by atoms with Gasteiger partial charge in [0.2, 0.25) is 0 Å². The molecule has 2 unspecified atom stereocenters. The molecule has 1 amide bonds. The van der Waals surface area contributed by atoms with Gasteiger partial charge < -0.3 is 10.2 Å². The quantitative estimate of drug-likeness (QED) is 0.657. The maximum Gasteiger partial charge on any atom is 0.252 e. The molecule has 1 aliphatic heterocycles. The van der Waals surface area contributed by atoms with Crippen LogP contribution in [0.5, 0.6) is 0 Å². The zero-order valence-electron chi connectivity index (χ0n) is 17.9. The van der Waals surface area contributed by atoms with Gasteiger partial charge in [-0.05, 0) is 67.6 Å². The van der Waals surface area contributed by atoms with Crippen molar-refractivity contribution >= 4 is 17.4 Å². The highest BCUT2D eigenvalue weighted by molar-refractivity contribution is 5.95. The summed E-state index contributed by atoms with van der Waals surface area (Å²) in [5.74, 6) is 2.29. The molecule has 3 aromatic rings. The van der Waals surface area contributed by atoms with Crippen LogP contribution in [0.3, 0.4) is 0 Å². The number of carbonyl (C=O) groups is 1. The van der Waals surface area contributed by atoms with Crippen LogP contribution in [-0.2, 0) is 12.0 Å². The maximum atomic E-state index is 13.2. The molecule has 32 heavy (non-hydrogen) atoms. The maximum absolute atomic E-state index is 13.2. The molecule has 2 saturated carbocycles. The van der Waals surface area contributed by atoms with Crippen LogP contribution in [0.2, 0.25) is 0 Å². The summed E-state index contributed by atoms with van der Waals surface area (Å²) in [5, 5.41) is 3.15. The number of aromatic nitrogens is 3. The minimum atomic E-state index is -0.433. The van der Waals surface area contributed by atoms with Gasteiger partial charge in [0, 0.05) is 30.6 Å². The van der Waals surface area contributed by atoms with Crippen LogP contribution in [0, 0.1) is 11.7 Å². The lowest BCUT2D eigenvalue weighted by molar-refractivity contribution is 0.0929. The van der Waals surface area contributed by atoms with E-state index in [1.807, 2.05) is 18.3 Å². The Kier molecular flexibility index (Phi) is 4.28. The van der Waals surface area contributed by atoms with E-state index in [0.29, 0.717) is 17.4 Å². The van der Waals surface area contributed by atoms with E-state index >= 15 is 0 Å². The Hall–Kier alpha value is -3.35. The number of hydrogen-bond donors (Lipinski definition) is 1. The average Bonchev–Trinajstić information content (AvgIpc) is 3.74. The second-order valence-corrected chi connectivity index (χ2v) is 9.04. The number of hydrogen-bond acceptors (Lipinski definition) is 5. The summed E-state index contributed by atoms with van der Waals surface area (Å²) < 4.78 is 13.2. The highest BCUT2D eigenvalue weighted by Gasteiger charge is 2.50. The zero-order chi connectivity index (χ0) is 21.9. The van der Waals surface area contributed by atoms with Gasteiger partial charge in [0.15, 0.2) is 0 Å². The highest BCUT2D eigenvalue weighted by Crippen LogP contribution is 2.56. The molecular formula is C25H24FN5O. The van der Waals surface area contributed by atoms with Gasteiger partial charge in [-0.15, -0.1) is 0 Å². The first-order chi connectivity index (χ1) is 15.6. The van der Waals surface area contributed by atoms with E-state index in [1.165, 1.54) is 24.3 Å². The van der Waals surface area contributed by atoms with Crippen molar-refractivity contribution < 1.29 is 9.18 Å². The molecule has 6 nitrogen and oxygen atoms in total. The van der Waals surface area contributed by atoms with Crippen LogP contribution in [0.25, 0.3) is 0 Å². The first-order valence-electron chi connectivity index (χ1n) is 11.3. The molecule has 0 radical (unpaired) electrons. The monoisotopic (exact) mass is 429 g/mol. The highest BCUT2D eigenvalue weighted by atomic mass is 19.1. The van der Waals surface area contributed by atoms with E-state index in [1.54, 1.807) is 0 Å². The Balaban J connectivity index is 1.30. The summed E-state index contributed by atoms with van der Waals surface area (Å²) in [4.78, 5) is 29.2. The summed E-state index contributed by atoms with van der Waals surface area (Å²) in [7, 11) is 0. The van der Waals surface area contributed by atoms with Gasteiger partial charge in [-0.2, -0.15) is 0 Å². The van der Waals surface area contributed by atoms with Crippen LogP contribution in [0.1, 0.15) is 59.7 Å². The first-order valence-corrected chi connectivity index (χ1v) is 11.3. The standard InChI is InChI=1S/C25H24FN5O/c1-2-21-27-12-9-22(29-21)31-14-16-13-18(16)23-19(31)7-8-20(28-23)25(10-11-25)30-24(32)15-3-5-17(26)6-4-15/h3-9,12,16,18H,2,10-11,13-14H2,1H3,(H,30,32). The lowest BCUT2D eigenvalue weighted by atomic mass is 10.0. The number of fused-ring (bicyclic) bond motifs is 3. The molecule has 0 saturated heterocycles. The summed E-state index contributed by atoms with van der Waals surface area (Å²) in [6.45, 7) is 3.01. The van der Waals surface area contributed by atoms with Crippen molar-refractivity contribution in [1.29, 1.82) is 0 Å².